The van der Waals surface area contributed by atoms with Crippen molar-refractivity contribution in [2.75, 3.05) is 0 Å². The number of hydrogen-bond acceptors (Lipinski definition) is 4. The molecule has 0 aliphatic carbocycles. The molecule has 0 fully saturated rings. The Kier molecular flexibility index (Phi) is 3.80. The van der Waals surface area contributed by atoms with Crippen LogP contribution in [0.2, 0.25) is 0 Å². The zero-order chi connectivity index (χ0) is 59.0. The van der Waals surface area contributed by atoms with Crippen molar-refractivity contribution in [2.24, 2.45) is 0 Å². The van der Waals surface area contributed by atoms with Crippen LogP contribution in [-0.2, 0) is 0 Å². The molecule has 0 bridgehead atoms. The standard InChI is InChI=1S/C52H31N7/c53-32-33-29-30-49-41(31-33)38-19-5-10-24-44(38)58(49)48-28-14-7-21-40(48)51-54-50(55-52(56-51)59-45-25-11-3-17-36(45)37-18-4-12-26-46(37)59)39-20-6-13-27-47(39)57-42-22-8-1-15-34(42)35-16-2-9-23-43(35)57/h1-31H/i1D,2D,3D,4D,5D,8D,9D,10D,11D,12D,15D,16D,17D,18D,19D,22D,23D,24D,25D,26D,29D,30D,31D. The van der Waals surface area contributed by atoms with Gasteiger partial charge in [-0.3, -0.25) is 4.57 Å². The highest BCUT2D eigenvalue weighted by Gasteiger charge is 2.23. The Morgan fingerprint density at radius 2 is 0.780 bits per heavy atom. The summed E-state index contributed by atoms with van der Waals surface area (Å²) < 4.78 is 210. The zero-order valence-corrected chi connectivity index (χ0v) is 29.7. The lowest BCUT2D eigenvalue weighted by Gasteiger charge is -2.17. The summed E-state index contributed by atoms with van der Waals surface area (Å²) in [6.45, 7) is 0. The van der Waals surface area contributed by atoms with E-state index >= 15 is 0 Å². The Labute approximate surface area is 370 Å². The van der Waals surface area contributed by atoms with Gasteiger partial charge < -0.3 is 9.13 Å². The van der Waals surface area contributed by atoms with Gasteiger partial charge in [0.25, 0.3) is 0 Å². The number of fused-ring (bicyclic) bond motifs is 9. The molecule has 0 N–H and O–H groups in total. The highest BCUT2D eigenvalue weighted by molar-refractivity contribution is 6.12. The van der Waals surface area contributed by atoms with E-state index in [1.165, 1.54) is 57.7 Å². The highest BCUT2D eigenvalue weighted by atomic mass is 15.2. The lowest BCUT2D eigenvalue weighted by molar-refractivity contribution is 0.950. The average Bonchev–Trinajstić information content (AvgIpc) is 2.69. The van der Waals surface area contributed by atoms with Gasteiger partial charge in [0.05, 0.1) is 87.6 Å². The number of nitrogens with zero attached hydrogens (tertiary/aromatic N) is 7. The second-order valence-electron chi connectivity index (χ2n) is 13.0. The molecule has 0 aliphatic heterocycles. The fraction of sp³-hybridized carbons (Fsp3) is 0. The van der Waals surface area contributed by atoms with E-state index in [9.17, 15) is 14.9 Å². The number of nitriles is 1. The van der Waals surface area contributed by atoms with E-state index in [0.717, 1.165) is 4.57 Å². The third kappa shape index (κ3) is 4.90. The van der Waals surface area contributed by atoms with Crippen LogP contribution in [-0.4, -0.2) is 28.7 Å². The van der Waals surface area contributed by atoms with Crippen LogP contribution in [0.4, 0.5) is 0 Å². The maximum absolute atomic E-state index is 10.1. The van der Waals surface area contributed by atoms with E-state index in [0.29, 0.717) is 0 Å². The minimum atomic E-state index is -0.785. The number of aromatic nitrogens is 6. The van der Waals surface area contributed by atoms with Crippen LogP contribution in [0.15, 0.2) is 188 Å². The summed E-state index contributed by atoms with van der Waals surface area (Å²) in [6, 6.07) is -2.55. The zero-order valence-electron chi connectivity index (χ0n) is 52.7. The van der Waals surface area contributed by atoms with Crippen molar-refractivity contribution in [3.05, 3.63) is 193 Å². The Hall–Kier alpha value is -8.34. The molecule has 12 aromatic rings. The minimum absolute atomic E-state index is 0.0727. The number of benzene rings is 8. The molecule has 59 heavy (non-hydrogen) atoms. The van der Waals surface area contributed by atoms with Crippen molar-refractivity contribution < 1.29 is 31.5 Å². The van der Waals surface area contributed by atoms with Crippen molar-refractivity contribution in [1.82, 2.24) is 28.7 Å². The summed E-state index contributed by atoms with van der Waals surface area (Å²) in [5.74, 6) is -1.39. The fourth-order valence-corrected chi connectivity index (χ4v) is 7.52. The van der Waals surface area contributed by atoms with Gasteiger partial charge in [0.1, 0.15) is 0 Å². The third-order valence-corrected chi connectivity index (χ3v) is 9.93. The summed E-state index contributed by atoms with van der Waals surface area (Å²) in [5.41, 5.74) is -2.92. The summed E-state index contributed by atoms with van der Waals surface area (Å²) >= 11 is 0. The average molecular weight is 777 g/mol. The quantitative estimate of drug-likeness (QED) is 0.174. The van der Waals surface area contributed by atoms with Crippen LogP contribution < -0.4 is 0 Å². The molecular formula is C52H31N7. The normalized spacial score (nSPS) is 17.2. The number of para-hydroxylation sites is 7. The summed E-state index contributed by atoms with van der Waals surface area (Å²) in [7, 11) is 0. The van der Waals surface area contributed by atoms with Gasteiger partial charge in [-0.15, -0.1) is 0 Å². The predicted octanol–water partition coefficient (Wildman–Crippen LogP) is 12.4. The molecule has 7 heteroatoms. The predicted molar refractivity (Wildman–Crippen MR) is 238 cm³/mol. The topological polar surface area (TPSA) is 77.2 Å². The first-order valence-corrected chi connectivity index (χ1v) is 17.7. The van der Waals surface area contributed by atoms with Crippen molar-refractivity contribution in [1.29, 1.82) is 5.26 Å². The van der Waals surface area contributed by atoms with Crippen LogP contribution >= 0.6 is 0 Å². The van der Waals surface area contributed by atoms with Gasteiger partial charge in [0.15, 0.2) is 11.6 Å². The van der Waals surface area contributed by atoms with Crippen LogP contribution in [0.3, 0.4) is 0 Å². The first-order valence-electron chi connectivity index (χ1n) is 29.2. The summed E-state index contributed by atoms with van der Waals surface area (Å²) in [5, 5.41) is 8.32. The molecule has 0 amide bonds. The molecule has 12 rings (SSSR count). The highest BCUT2D eigenvalue weighted by Crippen LogP contribution is 2.39. The summed E-state index contributed by atoms with van der Waals surface area (Å²) in [6.07, 6.45) is 0. The lowest BCUT2D eigenvalue weighted by atomic mass is 10.1. The second kappa shape index (κ2) is 12.8. The first-order chi connectivity index (χ1) is 38.8. The number of hydrogen-bond donors (Lipinski definition) is 0. The molecule has 0 aliphatic rings. The molecule has 0 atom stereocenters. The smallest absolute Gasteiger partial charge is 0.238 e. The summed E-state index contributed by atoms with van der Waals surface area (Å²) in [4.78, 5) is 14.7. The van der Waals surface area contributed by atoms with Gasteiger partial charge in [0.2, 0.25) is 5.95 Å². The minimum Gasteiger partial charge on any atom is -0.309 e. The van der Waals surface area contributed by atoms with Crippen molar-refractivity contribution in [2.45, 2.75) is 0 Å². The van der Waals surface area contributed by atoms with Gasteiger partial charge in [-0.05, 0) is 72.6 Å². The van der Waals surface area contributed by atoms with Crippen LogP contribution in [0.5, 0.6) is 0 Å². The monoisotopic (exact) mass is 776 g/mol. The Morgan fingerprint density at radius 1 is 0.407 bits per heavy atom. The maximum Gasteiger partial charge on any atom is 0.238 e. The van der Waals surface area contributed by atoms with Crippen LogP contribution in [0.25, 0.3) is 106 Å². The SMILES string of the molecule is [2H]c1c([2H])c([2H])c2c(c1[2H])c1c([2H])c([2H])c([2H])c([2H])c1n2-c1nc(-c2ccccc2-n2c3c([2H])c([2H])c([2H])c([2H])c3c3c([2H])c([2H])c([2H])c([2H])c32)nc(-c2ccccc2-n2c3c([2H])c([2H])c([2H])c([2H])c3c3c([2H])c(C#N)c([2H])c([2H])c32)n1. The molecule has 0 spiro atoms. The van der Waals surface area contributed by atoms with E-state index in [1.807, 2.05) is 0 Å². The van der Waals surface area contributed by atoms with E-state index in [2.05, 4.69) is 0 Å². The van der Waals surface area contributed by atoms with Crippen molar-refractivity contribution in [3.8, 4) is 46.2 Å². The molecule has 8 aromatic carbocycles. The maximum atomic E-state index is 10.1. The molecule has 274 valence electrons. The fourth-order valence-electron chi connectivity index (χ4n) is 7.52. The Balaban J connectivity index is 1.30. The molecule has 0 radical (unpaired) electrons. The molecule has 4 heterocycles. The number of rotatable bonds is 5. The second-order valence-corrected chi connectivity index (χ2v) is 13.0. The molecule has 0 saturated heterocycles. The van der Waals surface area contributed by atoms with Gasteiger partial charge in [-0.1, -0.05) is 115 Å². The van der Waals surface area contributed by atoms with E-state index in [1.54, 1.807) is 6.07 Å². The van der Waals surface area contributed by atoms with Crippen LogP contribution in [0, 0.1) is 11.3 Å². The molecule has 0 unspecified atom stereocenters. The van der Waals surface area contributed by atoms with E-state index in [-0.39, 0.29) is 76.9 Å². The van der Waals surface area contributed by atoms with Gasteiger partial charge in [-0.25, -0.2) is 4.98 Å². The third-order valence-electron chi connectivity index (χ3n) is 9.93. The largest absolute Gasteiger partial charge is 0.309 e. The van der Waals surface area contributed by atoms with Gasteiger partial charge >= 0.3 is 0 Å². The van der Waals surface area contributed by atoms with Gasteiger partial charge in [-0.2, -0.15) is 15.2 Å². The lowest BCUT2D eigenvalue weighted by Crippen LogP contribution is -2.09. The van der Waals surface area contributed by atoms with Crippen LogP contribution in [0.1, 0.15) is 37.1 Å². The van der Waals surface area contributed by atoms with Crippen molar-refractivity contribution >= 4 is 65.4 Å². The molecular weight excluding hydrogens is 723 g/mol. The molecule has 7 nitrogen and oxygen atoms in total. The molecule has 4 aromatic heterocycles. The first kappa shape index (κ1) is 17.4. The van der Waals surface area contributed by atoms with E-state index in [4.69, 9.17) is 36.9 Å². The molecule has 0 saturated carbocycles. The van der Waals surface area contributed by atoms with Gasteiger partial charge in [0, 0.05) is 43.4 Å². The van der Waals surface area contributed by atoms with E-state index < -0.39 is 173 Å². The van der Waals surface area contributed by atoms with Crippen molar-refractivity contribution in [3.63, 3.8) is 0 Å². The Bertz CT molecular complexity index is 4900. The Morgan fingerprint density at radius 3 is 1.22 bits per heavy atom.